The second kappa shape index (κ2) is 7.73. The number of nitrogens with zero attached hydrogens (tertiary/aromatic N) is 1. The summed E-state index contributed by atoms with van der Waals surface area (Å²) in [7, 11) is 0. The summed E-state index contributed by atoms with van der Waals surface area (Å²) in [5, 5.41) is 3.20. The van der Waals surface area contributed by atoms with Crippen LogP contribution in [-0.2, 0) is 11.3 Å². The Labute approximate surface area is 126 Å². The maximum atomic E-state index is 12.1. The number of nitrogens with two attached hydrogens (primary N) is 1. The lowest BCUT2D eigenvalue weighted by atomic mass is 10.1. The van der Waals surface area contributed by atoms with Gasteiger partial charge in [-0.2, -0.15) is 8.78 Å². The van der Waals surface area contributed by atoms with Crippen LogP contribution in [0.5, 0.6) is 0 Å². The van der Waals surface area contributed by atoms with E-state index in [0.717, 1.165) is 5.56 Å². The third kappa shape index (κ3) is 5.51. The van der Waals surface area contributed by atoms with Crippen molar-refractivity contribution in [2.45, 2.75) is 26.9 Å². The molecule has 1 rings (SSSR count). The van der Waals surface area contributed by atoms with E-state index in [1.807, 2.05) is 0 Å². The molecule has 1 aromatic carbocycles. The van der Waals surface area contributed by atoms with E-state index in [9.17, 15) is 13.6 Å². The van der Waals surface area contributed by atoms with E-state index in [1.165, 1.54) is 13.8 Å². The highest BCUT2D eigenvalue weighted by Gasteiger charge is 2.11. The summed E-state index contributed by atoms with van der Waals surface area (Å²) in [6.07, 6.45) is 0. The maximum absolute atomic E-state index is 12.1. The van der Waals surface area contributed by atoms with E-state index < -0.39 is 12.5 Å². The smallest absolute Gasteiger partial charge is 0.332 e. The van der Waals surface area contributed by atoms with Gasteiger partial charge in [0.2, 0.25) is 0 Å². The molecule has 0 aliphatic rings. The zero-order chi connectivity index (χ0) is 16.0. The van der Waals surface area contributed by atoms with Crippen LogP contribution in [-0.4, -0.2) is 18.2 Å². The van der Waals surface area contributed by atoms with Crippen molar-refractivity contribution in [3.8, 4) is 0 Å². The number of aliphatic imine (C=N–C) groups is 1. The number of hydrogen-bond donors (Lipinski definition) is 2. The monoisotopic (exact) mass is 315 g/mol. The van der Waals surface area contributed by atoms with E-state index >= 15 is 0 Å². The molecule has 0 aliphatic heterocycles. The fourth-order valence-corrected chi connectivity index (χ4v) is 1.61. The highest BCUT2D eigenvalue weighted by molar-refractivity contribution is 6.30. The number of alkyl halides is 2. The zero-order valence-electron chi connectivity index (χ0n) is 11.7. The van der Waals surface area contributed by atoms with E-state index in [0.29, 0.717) is 5.02 Å². The second-order valence-corrected chi connectivity index (χ2v) is 4.78. The summed E-state index contributed by atoms with van der Waals surface area (Å²) in [5.74, 6) is -0.536. The number of carbonyl (C=O) groups excluding carboxylic acids is 1. The number of halogens is 3. The predicted octanol–water partition coefficient (Wildman–Crippen LogP) is 2.87. The first-order valence-corrected chi connectivity index (χ1v) is 6.51. The van der Waals surface area contributed by atoms with Gasteiger partial charge in [-0.05, 0) is 37.1 Å². The second-order valence-electron chi connectivity index (χ2n) is 4.34. The van der Waals surface area contributed by atoms with Crippen molar-refractivity contribution >= 4 is 23.2 Å². The van der Waals surface area contributed by atoms with Gasteiger partial charge >= 0.3 is 6.55 Å². The van der Waals surface area contributed by atoms with Gasteiger partial charge in [-0.15, -0.1) is 0 Å². The molecule has 0 atom stereocenters. The number of amides is 1. The quantitative estimate of drug-likeness (QED) is 0.498. The molecule has 1 amide bonds. The number of carbonyl (C=O) groups is 1. The van der Waals surface area contributed by atoms with Gasteiger partial charge < -0.3 is 11.1 Å². The standard InChI is InChI=1S/C14H16ClF2N3O/c1-8(9(2)20-14(16)17)12(18)13(21)19-7-10-3-5-11(15)6-4-10/h3-6,14H,7,18H2,1-2H3,(H,19,21)/b12-8-,20-9+. The fourth-order valence-electron chi connectivity index (χ4n) is 1.49. The van der Waals surface area contributed by atoms with Crippen molar-refractivity contribution in [2.24, 2.45) is 10.7 Å². The van der Waals surface area contributed by atoms with Crippen LogP contribution in [0.4, 0.5) is 8.78 Å². The molecule has 21 heavy (non-hydrogen) atoms. The molecule has 0 heterocycles. The minimum Gasteiger partial charge on any atom is -0.394 e. The predicted molar refractivity (Wildman–Crippen MR) is 79.3 cm³/mol. The number of benzene rings is 1. The van der Waals surface area contributed by atoms with Crippen LogP contribution in [0.1, 0.15) is 19.4 Å². The number of nitrogens with one attached hydrogen (secondary N) is 1. The number of hydrogen-bond acceptors (Lipinski definition) is 3. The largest absolute Gasteiger partial charge is 0.394 e. The van der Waals surface area contributed by atoms with Gasteiger partial charge in [-0.3, -0.25) is 4.79 Å². The van der Waals surface area contributed by atoms with Crippen LogP contribution in [0.25, 0.3) is 0 Å². The molecule has 0 bridgehead atoms. The summed E-state index contributed by atoms with van der Waals surface area (Å²) in [6, 6.07) is 6.93. The molecule has 0 aromatic heterocycles. The molecule has 0 unspecified atom stereocenters. The Morgan fingerprint density at radius 1 is 1.33 bits per heavy atom. The van der Waals surface area contributed by atoms with Crippen molar-refractivity contribution in [3.05, 3.63) is 46.1 Å². The van der Waals surface area contributed by atoms with Gasteiger partial charge in [0.1, 0.15) is 5.70 Å². The molecule has 3 N–H and O–H groups in total. The van der Waals surface area contributed by atoms with Crippen molar-refractivity contribution in [1.82, 2.24) is 5.32 Å². The lowest BCUT2D eigenvalue weighted by Gasteiger charge is -2.09. The van der Waals surface area contributed by atoms with Crippen molar-refractivity contribution < 1.29 is 13.6 Å². The molecular formula is C14H16ClF2N3O. The third-order valence-electron chi connectivity index (χ3n) is 2.85. The Kier molecular flexibility index (Phi) is 6.30. The third-order valence-corrected chi connectivity index (χ3v) is 3.10. The first kappa shape index (κ1) is 17.1. The first-order valence-electron chi connectivity index (χ1n) is 6.13. The van der Waals surface area contributed by atoms with Crippen molar-refractivity contribution in [3.63, 3.8) is 0 Å². The van der Waals surface area contributed by atoms with Crippen LogP contribution >= 0.6 is 11.6 Å². The van der Waals surface area contributed by atoms with Crippen molar-refractivity contribution in [2.75, 3.05) is 0 Å². The summed E-state index contributed by atoms with van der Waals surface area (Å²) in [5.41, 5.74) is 6.61. The lowest BCUT2D eigenvalue weighted by molar-refractivity contribution is -0.117. The Balaban J connectivity index is 2.72. The molecular weight excluding hydrogens is 300 g/mol. The van der Waals surface area contributed by atoms with E-state index in [-0.39, 0.29) is 23.5 Å². The van der Waals surface area contributed by atoms with Crippen LogP contribution in [0.15, 0.2) is 40.5 Å². The summed E-state index contributed by atoms with van der Waals surface area (Å²) >= 11 is 5.75. The lowest BCUT2D eigenvalue weighted by Crippen LogP contribution is -2.30. The van der Waals surface area contributed by atoms with Gasteiger partial charge in [0, 0.05) is 17.3 Å². The normalized spacial score (nSPS) is 13.1. The van der Waals surface area contributed by atoms with Gasteiger partial charge in [0.05, 0.1) is 0 Å². The van der Waals surface area contributed by atoms with Gasteiger partial charge in [-0.1, -0.05) is 23.7 Å². The van der Waals surface area contributed by atoms with E-state index in [2.05, 4.69) is 10.3 Å². The van der Waals surface area contributed by atoms with Gasteiger partial charge in [0.15, 0.2) is 0 Å². The molecule has 0 fully saturated rings. The number of rotatable bonds is 5. The molecule has 114 valence electrons. The van der Waals surface area contributed by atoms with Crippen LogP contribution in [0.2, 0.25) is 5.02 Å². The van der Waals surface area contributed by atoms with E-state index in [4.69, 9.17) is 17.3 Å². The number of allylic oxidation sites excluding steroid dienone is 1. The topological polar surface area (TPSA) is 67.5 Å². The van der Waals surface area contributed by atoms with Crippen molar-refractivity contribution in [1.29, 1.82) is 0 Å². The fraction of sp³-hybridized carbons (Fsp3) is 0.286. The average Bonchev–Trinajstić information content (AvgIpc) is 2.44. The maximum Gasteiger partial charge on any atom is 0.332 e. The minimum absolute atomic E-state index is 0.0316. The molecule has 1 aromatic rings. The highest BCUT2D eigenvalue weighted by Crippen LogP contribution is 2.10. The Morgan fingerprint density at radius 3 is 2.43 bits per heavy atom. The molecule has 7 heteroatoms. The van der Waals surface area contributed by atoms with Crippen LogP contribution < -0.4 is 11.1 Å². The molecule has 0 spiro atoms. The molecule has 0 saturated carbocycles. The molecule has 4 nitrogen and oxygen atoms in total. The summed E-state index contributed by atoms with van der Waals surface area (Å²) < 4.78 is 24.3. The molecule has 0 aliphatic carbocycles. The Hall–Kier alpha value is -1.95. The SMILES string of the molecule is CC(=C(/N)C(=O)NCc1ccc(Cl)cc1)/C(C)=N/C(F)F. The Morgan fingerprint density at radius 2 is 1.90 bits per heavy atom. The molecule has 0 saturated heterocycles. The van der Waals surface area contributed by atoms with E-state index in [1.54, 1.807) is 24.3 Å². The summed E-state index contributed by atoms with van der Waals surface area (Å²) in [6.45, 7) is 0.277. The van der Waals surface area contributed by atoms with Crippen LogP contribution in [0, 0.1) is 0 Å². The minimum atomic E-state index is -2.83. The Bertz CT molecular complexity index is 568. The molecule has 0 radical (unpaired) electrons. The summed E-state index contributed by atoms with van der Waals surface area (Å²) in [4.78, 5) is 14.9. The zero-order valence-corrected chi connectivity index (χ0v) is 12.4. The van der Waals surface area contributed by atoms with Crippen LogP contribution in [0.3, 0.4) is 0 Å². The first-order chi connectivity index (χ1) is 9.81. The average molecular weight is 316 g/mol. The van der Waals surface area contributed by atoms with Gasteiger partial charge in [0.25, 0.3) is 5.91 Å². The van der Waals surface area contributed by atoms with Gasteiger partial charge in [-0.25, -0.2) is 4.99 Å². The highest BCUT2D eigenvalue weighted by atomic mass is 35.5.